The molecule has 0 heterocycles. The maximum atomic E-state index is 11.7. The van der Waals surface area contributed by atoms with Crippen molar-refractivity contribution in [1.29, 1.82) is 0 Å². The van der Waals surface area contributed by atoms with Crippen LogP contribution in [0.1, 0.15) is 110 Å². The minimum absolute atomic E-state index is 0.473. The van der Waals surface area contributed by atoms with Gasteiger partial charge in [0.15, 0.2) is 0 Å². The Morgan fingerprint density at radius 3 is 1.43 bits per heavy atom. The summed E-state index contributed by atoms with van der Waals surface area (Å²) in [7, 11) is 0. The number of carbonyl (C=O) groups is 1. The Balaban J connectivity index is 3.11. The highest BCUT2D eigenvalue weighted by Crippen LogP contribution is 2.12. The lowest BCUT2D eigenvalue weighted by Gasteiger charge is -2.03. The van der Waals surface area contributed by atoms with Crippen LogP contribution in [0.3, 0.4) is 0 Å². The fourth-order valence-corrected chi connectivity index (χ4v) is 2.89. The van der Waals surface area contributed by atoms with Crippen LogP contribution < -0.4 is 0 Å². The van der Waals surface area contributed by atoms with Gasteiger partial charge in [-0.25, -0.2) is 0 Å². The van der Waals surface area contributed by atoms with Gasteiger partial charge in [0, 0.05) is 18.7 Å². The smallest absolute Gasteiger partial charge is 0.132 e. The van der Waals surface area contributed by atoms with E-state index in [-0.39, 0.29) is 0 Å². The van der Waals surface area contributed by atoms with Crippen LogP contribution in [0, 0.1) is 0 Å². The molecule has 0 N–H and O–H groups in total. The standard InChI is InChI=1S/C19H37ClO/c1-2-3-4-5-6-7-8-9-10-13-16-19(21)17-14-11-12-15-18-20/h2-18H2,1H3. The van der Waals surface area contributed by atoms with Crippen LogP contribution in [0.25, 0.3) is 0 Å². The summed E-state index contributed by atoms with van der Waals surface area (Å²) < 4.78 is 0. The molecule has 0 aromatic heterocycles. The van der Waals surface area contributed by atoms with E-state index in [0.717, 1.165) is 44.4 Å². The first kappa shape index (κ1) is 21.0. The summed E-state index contributed by atoms with van der Waals surface area (Å²) in [5.74, 6) is 1.23. The molecule has 0 aromatic rings. The Bertz CT molecular complexity index is 216. The van der Waals surface area contributed by atoms with E-state index in [1.165, 1.54) is 64.2 Å². The lowest BCUT2D eigenvalue weighted by Crippen LogP contribution is -1.97. The normalized spacial score (nSPS) is 11.0. The largest absolute Gasteiger partial charge is 0.300 e. The molecular weight excluding hydrogens is 280 g/mol. The van der Waals surface area contributed by atoms with Gasteiger partial charge in [-0.3, -0.25) is 4.79 Å². The summed E-state index contributed by atoms with van der Waals surface area (Å²) in [6.45, 7) is 2.27. The molecule has 126 valence electrons. The van der Waals surface area contributed by atoms with E-state index in [9.17, 15) is 4.79 Å². The summed E-state index contributed by atoms with van der Waals surface area (Å²) in [4.78, 5) is 11.7. The molecule has 2 heteroatoms. The van der Waals surface area contributed by atoms with Gasteiger partial charge in [-0.1, -0.05) is 77.6 Å². The van der Waals surface area contributed by atoms with Crippen molar-refractivity contribution >= 4 is 17.4 Å². The van der Waals surface area contributed by atoms with Crippen LogP contribution in [0.5, 0.6) is 0 Å². The van der Waals surface area contributed by atoms with Crippen molar-refractivity contribution < 1.29 is 4.79 Å². The van der Waals surface area contributed by atoms with Crippen LogP contribution in [0.2, 0.25) is 0 Å². The minimum Gasteiger partial charge on any atom is -0.300 e. The van der Waals surface area contributed by atoms with Crippen molar-refractivity contribution in [1.82, 2.24) is 0 Å². The second-order valence-electron chi connectivity index (χ2n) is 6.32. The molecule has 0 aromatic carbocycles. The number of unbranched alkanes of at least 4 members (excludes halogenated alkanes) is 12. The maximum Gasteiger partial charge on any atom is 0.132 e. The van der Waals surface area contributed by atoms with Crippen LogP contribution in [-0.2, 0) is 4.79 Å². The first-order chi connectivity index (χ1) is 10.3. The van der Waals surface area contributed by atoms with Crippen LogP contribution in [0.4, 0.5) is 0 Å². The fraction of sp³-hybridized carbons (Fsp3) is 0.947. The van der Waals surface area contributed by atoms with Crippen molar-refractivity contribution in [2.45, 2.75) is 110 Å². The van der Waals surface area contributed by atoms with Gasteiger partial charge in [0.2, 0.25) is 0 Å². The van der Waals surface area contributed by atoms with Crippen LogP contribution in [0.15, 0.2) is 0 Å². The van der Waals surface area contributed by atoms with Crippen molar-refractivity contribution in [2.24, 2.45) is 0 Å². The van der Waals surface area contributed by atoms with Crippen molar-refractivity contribution in [3.05, 3.63) is 0 Å². The molecule has 0 atom stereocenters. The number of carbonyl (C=O) groups excluding carboxylic acids is 1. The zero-order chi connectivity index (χ0) is 15.6. The van der Waals surface area contributed by atoms with Gasteiger partial charge in [0.1, 0.15) is 5.78 Å². The Morgan fingerprint density at radius 2 is 1.00 bits per heavy atom. The average Bonchev–Trinajstić information content (AvgIpc) is 2.49. The zero-order valence-electron chi connectivity index (χ0n) is 14.3. The van der Waals surface area contributed by atoms with E-state index < -0.39 is 0 Å². The number of hydrogen-bond acceptors (Lipinski definition) is 1. The fourth-order valence-electron chi connectivity index (χ4n) is 2.70. The number of Topliss-reactive ketones (excluding diaryl/α,β-unsaturated/α-hetero) is 1. The van der Waals surface area contributed by atoms with Gasteiger partial charge >= 0.3 is 0 Å². The zero-order valence-corrected chi connectivity index (χ0v) is 15.1. The molecular formula is C19H37ClO. The molecule has 0 saturated heterocycles. The molecule has 0 unspecified atom stereocenters. The highest BCUT2D eigenvalue weighted by Gasteiger charge is 2.01. The van der Waals surface area contributed by atoms with Gasteiger partial charge in [-0.15, -0.1) is 11.6 Å². The molecule has 0 rings (SSSR count). The van der Waals surface area contributed by atoms with Gasteiger partial charge in [0.05, 0.1) is 0 Å². The van der Waals surface area contributed by atoms with Gasteiger partial charge < -0.3 is 0 Å². The van der Waals surface area contributed by atoms with E-state index >= 15 is 0 Å². The molecule has 0 bridgehead atoms. The molecule has 0 radical (unpaired) electrons. The molecule has 0 saturated carbocycles. The highest BCUT2D eigenvalue weighted by atomic mass is 35.5. The maximum absolute atomic E-state index is 11.7. The summed E-state index contributed by atoms with van der Waals surface area (Å²) >= 11 is 5.63. The van der Waals surface area contributed by atoms with E-state index in [1.807, 2.05) is 0 Å². The van der Waals surface area contributed by atoms with Gasteiger partial charge in [-0.05, 0) is 19.3 Å². The van der Waals surface area contributed by atoms with Gasteiger partial charge in [-0.2, -0.15) is 0 Å². The monoisotopic (exact) mass is 316 g/mol. The quantitative estimate of drug-likeness (QED) is 0.207. The summed E-state index contributed by atoms with van der Waals surface area (Å²) in [6, 6.07) is 0. The number of rotatable bonds is 17. The Labute approximate surface area is 138 Å². The molecule has 0 fully saturated rings. The number of ketones is 1. The summed E-state index contributed by atoms with van der Waals surface area (Å²) in [5.41, 5.74) is 0. The SMILES string of the molecule is CCCCCCCCCCCCC(=O)CCCCCCCl. The third-order valence-corrected chi connectivity index (χ3v) is 4.42. The predicted molar refractivity (Wildman–Crippen MR) is 95.3 cm³/mol. The molecule has 0 amide bonds. The van der Waals surface area contributed by atoms with Crippen LogP contribution >= 0.6 is 11.6 Å². The van der Waals surface area contributed by atoms with Crippen LogP contribution in [-0.4, -0.2) is 11.7 Å². The Kier molecular flexibility index (Phi) is 18.0. The number of alkyl halides is 1. The summed E-state index contributed by atoms with van der Waals surface area (Å²) in [6.07, 6.45) is 19.5. The average molecular weight is 317 g/mol. The molecule has 0 spiro atoms. The topological polar surface area (TPSA) is 17.1 Å². The third-order valence-electron chi connectivity index (χ3n) is 4.15. The van der Waals surface area contributed by atoms with E-state index in [2.05, 4.69) is 6.92 Å². The lowest BCUT2D eigenvalue weighted by molar-refractivity contribution is -0.119. The second kappa shape index (κ2) is 18.0. The first-order valence-corrected chi connectivity index (χ1v) is 9.92. The first-order valence-electron chi connectivity index (χ1n) is 9.39. The van der Waals surface area contributed by atoms with Gasteiger partial charge in [0.25, 0.3) is 0 Å². The summed E-state index contributed by atoms with van der Waals surface area (Å²) in [5, 5.41) is 0. The van der Waals surface area contributed by atoms with E-state index in [4.69, 9.17) is 11.6 Å². The van der Waals surface area contributed by atoms with E-state index in [1.54, 1.807) is 0 Å². The number of halogens is 1. The highest BCUT2D eigenvalue weighted by molar-refractivity contribution is 6.17. The second-order valence-corrected chi connectivity index (χ2v) is 6.70. The molecule has 21 heavy (non-hydrogen) atoms. The van der Waals surface area contributed by atoms with E-state index in [0.29, 0.717) is 5.78 Å². The molecule has 1 nitrogen and oxygen atoms in total. The minimum atomic E-state index is 0.473. The lowest BCUT2D eigenvalue weighted by atomic mass is 10.0. The Morgan fingerprint density at radius 1 is 0.619 bits per heavy atom. The number of hydrogen-bond donors (Lipinski definition) is 0. The molecule has 0 aliphatic rings. The Hall–Kier alpha value is -0.0400. The van der Waals surface area contributed by atoms with Crippen molar-refractivity contribution in [3.63, 3.8) is 0 Å². The molecule has 0 aliphatic heterocycles. The molecule has 0 aliphatic carbocycles. The van der Waals surface area contributed by atoms with Crippen molar-refractivity contribution in [3.8, 4) is 0 Å². The van der Waals surface area contributed by atoms with Crippen molar-refractivity contribution in [2.75, 3.05) is 5.88 Å². The third kappa shape index (κ3) is 17.9. The predicted octanol–water partition coefficient (Wildman–Crippen LogP) is 7.06.